The number of nitrogens with one attached hydrogen (secondary N) is 1. The molecule has 35 heavy (non-hydrogen) atoms. The zero-order valence-corrected chi connectivity index (χ0v) is 20.1. The van der Waals surface area contributed by atoms with E-state index in [1.54, 1.807) is 27.0 Å². The highest BCUT2D eigenvalue weighted by Crippen LogP contribution is 2.37. The molecule has 0 amide bonds. The molecule has 0 spiro atoms. The van der Waals surface area contributed by atoms with E-state index in [-0.39, 0.29) is 11.6 Å². The van der Waals surface area contributed by atoms with Crippen LogP contribution in [0.1, 0.15) is 36.3 Å². The molecule has 1 aromatic heterocycles. The monoisotopic (exact) mass is 487 g/mol. The lowest BCUT2D eigenvalue weighted by Gasteiger charge is -2.38. The molecule has 0 bridgehead atoms. The first-order chi connectivity index (χ1) is 16.7. The van der Waals surface area contributed by atoms with E-state index in [1.165, 1.54) is 12.1 Å². The number of halogens is 3. The molecular formula is C25H28F3N5O2. The van der Waals surface area contributed by atoms with Gasteiger partial charge in [-0.1, -0.05) is 18.2 Å². The van der Waals surface area contributed by atoms with E-state index in [2.05, 4.69) is 20.2 Å². The van der Waals surface area contributed by atoms with Gasteiger partial charge in [0.1, 0.15) is 29.5 Å². The molecule has 2 unspecified atom stereocenters. The highest BCUT2D eigenvalue weighted by molar-refractivity contribution is 5.94. The fourth-order valence-corrected chi connectivity index (χ4v) is 4.40. The fraction of sp³-hybridized carbons (Fsp3) is 0.400. The molecule has 186 valence electrons. The van der Waals surface area contributed by atoms with Crippen molar-refractivity contribution >= 4 is 28.7 Å². The number of aromatic nitrogens is 2. The van der Waals surface area contributed by atoms with Crippen molar-refractivity contribution in [1.29, 1.82) is 0 Å². The zero-order valence-electron chi connectivity index (χ0n) is 20.1. The summed E-state index contributed by atoms with van der Waals surface area (Å²) in [5.74, 6) is 0.586. The van der Waals surface area contributed by atoms with Crippen LogP contribution >= 0.6 is 0 Å². The van der Waals surface area contributed by atoms with Gasteiger partial charge in [0.2, 0.25) is 0 Å². The molecule has 1 N–H and O–H groups in total. The number of carbonyl (C=O) groups is 1. The summed E-state index contributed by atoms with van der Waals surface area (Å²) in [6, 6.07) is 6.81. The van der Waals surface area contributed by atoms with Crippen molar-refractivity contribution in [3.63, 3.8) is 0 Å². The summed E-state index contributed by atoms with van der Waals surface area (Å²) in [6.07, 6.45) is -1.96. The Balaban J connectivity index is 1.72. The van der Waals surface area contributed by atoms with Crippen molar-refractivity contribution < 1.29 is 22.7 Å². The van der Waals surface area contributed by atoms with Crippen LogP contribution in [0, 0.1) is 12.7 Å². The molecule has 0 aliphatic carbocycles. The third-order valence-corrected chi connectivity index (χ3v) is 6.42. The van der Waals surface area contributed by atoms with E-state index < -0.39 is 23.8 Å². The van der Waals surface area contributed by atoms with Gasteiger partial charge in [-0.25, -0.2) is 23.1 Å². The Bertz CT molecular complexity index is 1240. The van der Waals surface area contributed by atoms with Crippen LogP contribution in [0.5, 0.6) is 5.75 Å². The summed E-state index contributed by atoms with van der Waals surface area (Å²) in [4.78, 5) is 24.7. The van der Waals surface area contributed by atoms with Crippen molar-refractivity contribution in [2.75, 3.05) is 44.0 Å². The number of alkyl halides is 2. The third kappa shape index (κ3) is 4.88. The number of rotatable bonds is 7. The first-order valence-corrected chi connectivity index (χ1v) is 11.3. The van der Waals surface area contributed by atoms with E-state index in [0.717, 1.165) is 24.6 Å². The number of benzene rings is 2. The normalized spacial score (nSPS) is 17.6. The third-order valence-electron chi connectivity index (χ3n) is 6.42. The van der Waals surface area contributed by atoms with Gasteiger partial charge >= 0.3 is 0 Å². The number of aryl methyl sites for hydroxylation is 1. The number of hydrogen-bond donors (Lipinski definition) is 1. The minimum absolute atomic E-state index is 0.119. The summed E-state index contributed by atoms with van der Waals surface area (Å²) >= 11 is 0. The lowest BCUT2D eigenvalue weighted by atomic mass is 10.0. The molecule has 2 aromatic carbocycles. The van der Waals surface area contributed by atoms with Crippen LogP contribution in [0.4, 0.5) is 24.7 Å². The summed E-state index contributed by atoms with van der Waals surface area (Å²) in [7, 11) is 3.48. The Hall–Kier alpha value is -3.40. The molecule has 2 atom stereocenters. The van der Waals surface area contributed by atoms with Gasteiger partial charge in [0, 0.05) is 30.6 Å². The molecule has 2 heterocycles. The topological polar surface area (TPSA) is 70.6 Å². The SMILES string of the molecule is COc1cc2c(NC(C)c3cccc(C(F)F)c3F)nc(C)nc2cc1N1CCN(C)C(C=O)C1. The predicted molar refractivity (Wildman–Crippen MR) is 129 cm³/mol. The van der Waals surface area contributed by atoms with E-state index in [0.29, 0.717) is 41.4 Å². The quantitative estimate of drug-likeness (QED) is 0.492. The Morgan fingerprint density at radius 1 is 1.20 bits per heavy atom. The smallest absolute Gasteiger partial charge is 0.266 e. The van der Waals surface area contributed by atoms with Crippen molar-refractivity contribution in [1.82, 2.24) is 14.9 Å². The first-order valence-electron chi connectivity index (χ1n) is 11.3. The van der Waals surface area contributed by atoms with Gasteiger partial charge in [-0.15, -0.1) is 0 Å². The van der Waals surface area contributed by atoms with Gasteiger partial charge in [-0.3, -0.25) is 4.90 Å². The largest absolute Gasteiger partial charge is 0.495 e. The number of nitrogens with zero attached hydrogens (tertiary/aromatic N) is 4. The lowest BCUT2D eigenvalue weighted by molar-refractivity contribution is -0.112. The number of methoxy groups -OCH3 is 1. The molecule has 1 aliphatic heterocycles. The van der Waals surface area contributed by atoms with Gasteiger partial charge < -0.3 is 19.7 Å². The predicted octanol–water partition coefficient (Wildman–Crippen LogP) is 4.52. The van der Waals surface area contributed by atoms with E-state index in [4.69, 9.17) is 4.74 Å². The number of likely N-dealkylation sites (N-methyl/N-ethyl adjacent to an activating group) is 1. The molecule has 1 fully saturated rings. The Morgan fingerprint density at radius 3 is 2.63 bits per heavy atom. The standard InChI is InChI=1S/C25H28F3N5O2/c1-14(17-6-5-7-18(23(17)26)24(27)28)29-25-19-10-22(35-4)21(11-20(19)30-15(2)31-25)33-9-8-32(3)16(12-33)13-34/h5-7,10-11,13-14,16,24H,8-9,12H2,1-4H3,(H,29,30,31). The van der Waals surface area contributed by atoms with Crippen molar-refractivity contribution in [3.05, 3.63) is 53.1 Å². The van der Waals surface area contributed by atoms with Crippen LogP contribution in [0.25, 0.3) is 10.9 Å². The van der Waals surface area contributed by atoms with Gasteiger partial charge in [0.05, 0.1) is 36.0 Å². The maximum absolute atomic E-state index is 14.7. The van der Waals surface area contributed by atoms with Gasteiger partial charge in [0.15, 0.2) is 0 Å². The van der Waals surface area contributed by atoms with E-state index >= 15 is 0 Å². The zero-order chi connectivity index (χ0) is 25.3. The fourth-order valence-electron chi connectivity index (χ4n) is 4.40. The minimum atomic E-state index is -2.90. The highest BCUT2D eigenvalue weighted by Gasteiger charge is 2.27. The molecule has 1 saturated heterocycles. The number of hydrogen-bond acceptors (Lipinski definition) is 7. The lowest BCUT2D eigenvalue weighted by Crippen LogP contribution is -2.52. The second kappa shape index (κ2) is 10.1. The van der Waals surface area contributed by atoms with Crippen molar-refractivity contribution in [2.45, 2.75) is 32.4 Å². The molecule has 10 heteroatoms. The summed E-state index contributed by atoms with van der Waals surface area (Å²) in [5.41, 5.74) is 0.944. The summed E-state index contributed by atoms with van der Waals surface area (Å²) in [5, 5.41) is 3.81. The molecule has 7 nitrogen and oxygen atoms in total. The Kier molecular flexibility index (Phi) is 7.11. The summed E-state index contributed by atoms with van der Waals surface area (Å²) < 4.78 is 46.8. The second-order valence-electron chi connectivity index (χ2n) is 8.71. The number of ether oxygens (including phenoxy) is 1. The number of carbonyl (C=O) groups excluding carboxylic acids is 1. The maximum Gasteiger partial charge on any atom is 0.266 e. The van der Waals surface area contributed by atoms with Crippen LogP contribution < -0.4 is 15.0 Å². The Morgan fingerprint density at radius 2 is 1.94 bits per heavy atom. The van der Waals surface area contributed by atoms with Crippen LogP contribution in [0.15, 0.2) is 30.3 Å². The first kappa shape index (κ1) is 24.7. The van der Waals surface area contributed by atoms with Gasteiger partial charge in [-0.2, -0.15) is 0 Å². The second-order valence-corrected chi connectivity index (χ2v) is 8.71. The minimum Gasteiger partial charge on any atom is -0.495 e. The molecule has 4 rings (SSSR count). The average Bonchev–Trinajstić information content (AvgIpc) is 2.83. The highest BCUT2D eigenvalue weighted by atomic mass is 19.3. The van der Waals surface area contributed by atoms with Crippen LogP contribution in [-0.4, -0.2) is 61.0 Å². The van der Waals surface area contributed by atoms with Crippen LogP contribution in [0.3, 0.4) is 0 Å². The molecule has 3 aromatic rings. The summed E-state index contributed by atoms with van der Waals surface area (Å²) in [6.45, 7) is 5.39. The Labute approximate surface area is 201 Å². The number of fused-ring (bicyclic) bond motifs is 1. The van der Waals surface area contributed by atoms with E-state index in [9.17, 15) is 18.0 Å². The molecule has 1 aliphatic rings. The van der Waals surface area contributed by atoms with Crippen LogP contribution in [0.2, 0.25) is 0 Å². The van der Waals surface area contributed by atoms with E-state index in [1.807, 2.05) is 18.0 Å². The van der Waals surface area contributed by atoms with Crippen molar-refractivity contribution in [2.24, 2.45) is 0 Å². The average molecular weight is 488 g/mol. The van der Waals surface area contributed by atoms with Gasteiger partial charge in [0.25, 0.3) is 6.43 Å². The van der Waals surface area contributed by atoms with Gasteiger partial charge in [-0.05, 0) is 33.0 Å². The van der Waals surface area contributed by atoms with Crippen molar-refractivity contribution in [3.8, 4) is 5.75 Å². The number of aldehydes is 1. The number of anilines is 2. The maximum atomic E-state index is 14.7. The van der Waals surface area contributed by atoms with Crippen LogP contribution in [-0.2, 0) is 4.79 Å². The molecular weight excluding hydrogens is 459 g/mol. The molecule has 0 saturated carbocycles. The number of piperazine rings is 1. The molecule has 0 radical (unpaired) electrons.